The summed E-state index contributed by atoms with van der Waals surface area (Å²) in [4.78, 5) is 12.0. The third kappa shape index (κ3) is 2.40. The van der Waals surface area contributed by atoms with Crippen LogP contribution in [0.25, 0.3) is 0 Å². The van der Waals surface area contributed by atoms with Crippen LogP contribution in [0.2, 0.25) is 0 Å². The molecule has 0 aromatic rings. The Labute approximate surface area is 98.2 Å². The van der Waals surface area contributed by atoms with Crippen LogP contribution in [0.15, 0.2) is 0 Å². The SMILES string of the molecule is C[C@@H](NC(=O)C1(N)CCC1)C1CCCCC1. The predicted molar refractivity (Wildman–Crippen MR) is 64.9 cm³/mol. The number of amides is 1. The number of nitrogens with one attached hydrogen (secondary N) is 1. The smallest absolute Gasteiger partial charge is 0.240 e. The molecule has 0 bridgehead atoms. The summed E-state index contributed by atoms with van der Waals surface area (Å²) in [6.07, 6.45) is 9.33. The first-order valence-electron chi connectivity index (χ1n) is 6.72. The van der Waals surface area contributed by atoms with Crippen LogP contribution in [0.4, 0.5) is 0 Å². The molecular weight excluding hydrogens is 200 g/mol. The van der Waals surface area contributed by atoms with E-state index in [2.05, 4.69) is 12.2 Å². The molecule has 2 aliphatic carbocycles. The highest BCUT2D eigenvalue weighted by molar-refractivity contribution is 5.87. The fourth-order valence-corrected chi connectivity index (χ4v) is 2.89. The van der Waals surface area contributed by atoms with Gasteiger partial charge < -0.3 is 11.1 Å². The molecular formula is C13H24N2O. The van der Waals surface area contributed by atoms with Gasteiger partial charge in [0.1, 0.15) is 0 Å². The number of hydrogen-bond acceptors (Lipinski definition) is 2. The second-order valence-electron chi connectivity index (χ2n) is 5.67. The summed E-state index contributed by atoms with van der Waals surface area (Å²) >= 11 is 0. The largest absolute Gasteiger partial charge is 0.352 e. The van der Waals surface area contributed by atoms with E-state index >= 15 is 0 Å². The molecule has 3 nitrogen and oxygen atoms in total. The van der Waals surface area contributed by atoms with Crippen LogP contribution in [0, 0.1) is 5.92 Å². The molecule has 0 unspecified atom stereocenters. The van der Waals surface area contributed by atoms with Gasteiger partial charge in [-0.1, -0.05) is 19.3 Å². The highest BCUT2D eigenvalue weighted by Crippen LogP contribution is 2.30. The second kappa shape index (κ2) is 4.74. The van der Waals surface area contributed by atoms with E-state index in [0.717, 1.165) is 19.3 Å². The summed E-state index contributed by atoms with van der Waals surface area (Å²) in [5.41, 5.74) is 5.47. The summed E-state index contributed by atoms with van der Waals surface area (Å²) in [6.45, 7) is 2.13. The molecule has 0 aromatic carbocycles. The van der Waals surface area contributed by atoms with Crippen molar-refractivity contribution in [2.45, 2.75) is 69.9 Å². The maximum atomic E-state index is 12.0. The van der Waals surface area contributed by atoms with Gasteiger partial charge in [0, 0.05) is 6.04 Å². The Bertz CT molecular complexity index is 255. The predicted octanol–water partition coefficient (Wildman–Crippen LogP) is 1.95. The zero-order valence-electron chi connectivity index (χ0n) is 10.3. The highest BCUT2D eigenvalue weighted by atomic mass is 16.2. The van der Waals surface area contributed by atoms with Gasteiger partial charge in [-0.15, -0.1) is 0 Å². The zero-order chi connectivity index (χ0) is 11.6. The van der Waals surface area contributed by atoms with E-state index in [9.17, 15) is 4.79 Å². The van der Waals surface area contributed by atoms with Crippen LogP contribution < -0.4 is 11.1 Å². The van der Waals surface area contributed by atoms with Crippen molar-refractivity contribution >= 4 is 5.91 Å². The molecule has 0 radical (unpaired) electrons. The number of nitrogens with two attached hydrogens (primary N) is 1. The van der Waals surface area contributed by atoms with Gasteiger partial charge in [0.2, 0.25) is 5.91 Å². The van der Waals surface area contributed by atoms with Crippen molar-refractivity contribution in [3.05, 3.63) is 0 Å². The Morgan fingerprint density at radius 2 is 1.88 bits per heavy atom. The lowest BCUT2D eigenvalue weighted by molar-refractivity contribution is -0.130. The molecule has 2 fully saturated rings. The van der Waals surface area contributed by atoms with Gasteiger partial charge >= 0.3 is 0 Å². The van der Waals surface area contributed by atoms with E-state index in [1.165, 1.54) is 32.1 Å². The van der Waals surface area contributed by atoms with Crippen molar-refractivity contribution in [3.8, 4) is 0 Å². The summed E-state index contributed by atoms with van der Waals surface area (Å²) in [5.74, 6) is 0.748. The molecule has 0 aromatic heterocycles. The lowest BCUT2D eigenvalue weighted by atomic mass is 9.76. The Hall–Kier alpha value is -0.570. The molecule has 0 heterocycles. The van der Waals surface area contributed by atoms with Crippen LogP contribution in [0.3, 0.4) is 0 Å². The molecule has 3 N–H and O–H groups in total. The maximum absolute atomic E-state index is 12.0. The van der Waals surface area contributed by atoms with Gasteiger partial charge in [0.15, 0.2) is 0 Å². The van der Waals surface area contributed by atoms with E-state index in [4.69, 9.17) is 5.73 Å². The van der Waals surface area contributed by atoms with Crippen molar-refractivity contribution in [1.82, 2.24) is 5.32 Å². The summed E-state index contributed by atoms with van der Waals surface area (Å²) in [7, 11) is 0. The highest BCUT2D eigenvalue weighted by Gasteiger charge is 2.40. The average Bonchev–Trinajstić information content (AvgIpc) is 2.27. The van der Waals surface area contributed by atoms with Crippen molar-refractivity contribution in [3.63, 3.8) is 0 Å². The van der Waals surface area contributed by atoms with Crippen LogP contribution in [-0.2, 0) is 4.79 Å². The van der Waals surface area contributed by atoms with E-state index in [1.807, 2.05) is 0 Å². The molecule has 0 saturated heterocycles. The second-order valence-corrected chi connectivity index (χ2v) is 5.67. The quantitative estimate of drug-likeness (QED) is 0.770. The lowest BCUT2D eigenvalue weighted by Gasteiger charge is -2.38. The summed E-state index contributed by atoms with van der Waals surface area (Å²) in [6, 6.07) is 0.300. The van der Waals surface area contributed by atoms with Gasteiger partial charge in [0.25, 0.3) is 0 Å². The van der Waals surface area contributed by atoms with Crippen molar-refractivity contribution in [1.29, 1.82) is 0 Å². The molecule has 16 heavy (non-hydrogen) atoms. The minimum atomic E-state index is -0.539. The third-order valence-electron chi connectivity index (χ3n) is 4.41. The van der Waals surface area contributed by atoms with Gasteiger partial charge in [-0.05, 0) is 44.9 Å². The first kappa shape index (κ1) is 11.9. The van der Waals surface area contributed by atoms with Crippen molar-refractivity contribution in [2.24, 2.45) is 11.7 Å². The van der Waals surface area contributed by atoms with Gasteiger partial charge in [-0.2, -0.15) is 0 Å². The van der Waals surface area contributed by atoms with Gasteiger partial charge in [0.05, 0.1) is 5.54 Å². The van der Waals surface area contributed by atoms with E-state index in [-0.39, 0.29) is 5.91 Å². The van der Waals surface area contributed by atoms with E-state index < -0.39 is 5.54 Å². The Morgan fingerprint density at radius 1 is 1.25 bits per heavy atom. The summed E-state index contributed by atoms with van der Waals surface area (Å²) in [5, 5.41) is 3.13. The molecule has 0 spiro atoms. The normalized spacial score (nSPS) is 26.9. The van der Waals surface area contributed by atoms with Gasteiger partial charge in [-0.3, -0.25) is 4.79 Å². The zero-order valence-corrected chi connectivity index (χ0v) is 10.3. The molecule has 1 amide bonds. The first-order valence-corrected chi connectivity index (χ1v) is 6.72. The van der Waals surface area contributed by atoms with Crippen LogP contribution in [0.5, 0.6) is 0 Å². The fraction of sp³-hybridized carbons (Fsp3) is 0.923. The van der Waals surface area contributed by atoms with Crippen LogP contribution >= 0.6 is 0 Å². The Balaban J connectivity index is 1.81. The molecule has 2 rings (SSSR count). The summed E-state index contributed by atoms with van der Waals surface area (Å²) < 4.78 is 0. The number of carbonyl (C=O) groups excluding carboxylic acids is 1. The third-order valence-corrected chi connectivity index (χ3v) is 4.41. The number of rotatable bonds is 3. The number of hydrogen-bond donors (Lipinski definition) is 2. The minimum absolute atomic E-state index is 0.0804. The van der Waals surface area contributed by atoms with E-state index in [0.29, 0.717) is 12.0 Å². The topological polar surface area (TPSA) is 55.1 Å². The molecule has 2 aliphatic rings. The van der Waals surface area contributed by atoms with Crippen molar-refractivity contribution < 1.29 is 4.79 Å². The Kier molecular flexibility index (Phi) is 3.53. The number of carbonyl (C=O) groups is 1. The Morgan fingerprint density at radius 3 is 2.38 bits per heavy atom. The fourth-order valence-electron chi connectivity index (χ4n) is 2.89. The maximum Gasteiger partial charge on any atom is 0.240 e. The molecule has 2 saturated carbocycles. The minimum Gasteiger partial charge on any atom is -0.352 e. The molecule has 0 aliphatic heterocycles. The molecule has 3 heteroatoms. The molecule has 92 valence electrons. The van der Waals surface area contributed by atoms with Gasteiger partial charge in [-0.25, -0.2) is 0 Å². The van der Waals surface area contributed by atoms with Crippen LogP contribution in [-0.4, -0.2) is 17.5 Å². The monoisotopic (exact) mass is 224 g/mol. The average molecular weight is 224 g/mol. The standard InChI is InChI=1S/C13H24N2O/c1-10(11-6-3-2-4-7-11)15-12(16)13(14)8-5-9-13/h10-11H,2-9,14H2,1H3,(H,15,16)/t10-/m1/s1. The van der Waals surface area contributed by atoms with Crippen LogP contribution in [0.1, 0.15) is 58.3 Å². The lowest BCUT2D eigenvalue weighted by Crippen LogP contribution is -2.60. The molecule has 1 atom stereocenters. The first-order chi connectivity index (χ1) is 7.62. The van der Waals surface area contributed by atoms with E-state index in [1.54, 1.807) is 0 Å². The van der Waals surface area contributed by atoms with Crippen molar-refractivity contribution in [2.75, 3.05) is 0 Å².